The molecule has 132 valence electrons. The van der Waals surface area contributed by atoms with Crippen molar-refractivity contribution in [3.05, 3.63) is 46.7 Å². The van der Waals surface area contributed by atoms with Gasteiger partial charge >= 0.3 is 0 Å². The number of hydrogen-bond donors (Lipinski definition) is 1. The molecule has 25 heavy (non-hydrogen) atoms. The molecule has 4 rings (SSSR count). The monoisotopic (exact) mass is 358 g/mol. The van der Waals surface area contributed by atoms with E-state index in [1.807, 2.05) is 17.3 Å². The maximum atomic E-state index is 11.8. The zero-order chi connectivity index (χ0) is 17.2. The summed E-state index contributed by atoms with van der Waals surface area (Å²) in [5, 5.41) is 7.70. The minimum absolute atomic E-state index is 0.242. The standard InChI is InChI=1S/C19H23ClN4O/c20-18-10-15(3-4-16(18)13-24-7-1-2-19(24)25)14-5-8-23(9-6-14)17-11-21-22-12-17/h3-4,10-12,14H,1-2,5-9,13H2,(H,21,22). The van der Waals surface area contributed by atoms with E-state index in [1.54, 1.807) is 0 Å². The van der Waals surface area contributed by atoms with Crippen LogP contribution in [0.2, 0.25) is 5.02 Å². The Morgan fingerprint density at radius 2 is 2.08 bits per heavy atom. The Morgan fingerprint density at radius 3 is 2.72 bits per heavy atom. The largest absolute Gasteiger partial charge is 0.369 e. The molecule has 0 unspecified atom stereocenters. The van der Waals surface area contributed by atoms with E-state index >= 15 is 0 Å². The van der Waals surface area contributed by atoms with Gasteiger partial charge < -0.3 is 9.80 Å². The molecule has 1 N–H and O–H groups in total. The van der Waals surface area contributed by atoms with Gasteiger partial charge in [0.15, 0.2) is 0 Å². The normalized spacial score (nSPS) is 19.0. The van der Waals surface area contributed by atoms with E-state index < -0.39 is 0 Å². The molecule has 2 aliphatic rings. The number of amides is 1. The first-order valence-electron chi connectivity index (χ1n) is 9.00. The minimum atomic E-state index is 0.242. The molecule has 0 aliphatic carbocycles. The number of anilines is 1. The molecule has 3 heterocycles. The fraction of sp³-hybridized carbons (Fsp3) is 0.474. The molecule has 0 saturated carbocycles. The first-order chi connectivity index (χ1) is 12.2. The van der Waals surface area contributed by atoms with Crippen LogP contribution in [0.25, 0.3) is 0 Å². The van der Waals surface area contributed by atoms with E-state index in [0.717, 1.165) is 49.5 Å². The Balaban J connectivity index is 1.40. The van der Waals surface area contributed by atoms with E-state index in [0.29, 0.717) is 18.9 Å². The summed E-state index contributed by atoms with van der Waals surface area (Å²) in [6, 6.07) is 6.40. The molecule has 1 aromatic heterocycles. The Kier molecular flexibility index (Phi) is 4.66. The number of aromatic nitrogens is 2. The number of nitrogens with zero attached hydrogens (tertiary/aromatic N) is 3. The molecule has 0 atom stereocenters. The Morgan fingerprint density at radius 1 is 1.24 bits per heavy atom. The Labute approximate surface area is 153 Å². The van der Waals surface area contributed by atoms with Crippen molar-refractivity contribution < 1.29 is 4.79 Å². The first-order valence-corrected chi connectivity index (χ1v) is 9.38. The molecule has 0 bridgehead atoms. The quantitative estimate of drug-likeness (QED) is 0.909. The third kappa shape index (κ3) is 3.52. The molecule has 2 fully saturated rings. The third-order valence-corrected chi connectivity index (χ3v) is 5.78. The van der Waals surface area contributed by atoms with Gasteiger partial charge in [0, 0.05) is 43.8 Å². The number of H-pyrrole nitrogens is 1. The highest BCUT2D eigenvalue weighted by molar-refractivity contribution is 6.31. The van der Waals surface area contributed by atoms with Crippen LogP contribution in [-0.4, -0.2) is 40.6 Å². The lowest BCUT2D eigenvalue weighted by molar-refractivity contribution is -0.128. The van der Waals surface area contributed by atoms with Crippen molar-refractivity contribution in [3.63, 3.8) is 0 Å². The van der Waals surface area contributed by atoms with Crippen LogP contribution in [0.4, 0.5) is 5.69 Å². The van der Waals surface area contributed by atoms with Crippen LogP contribution in [-0.2, 0) is 11.3 Å². The predicted octanol–water partition coefficient (Wildman–Crippen LogP) is 3.57. The number of likely N-dealkylation sites (tertiary alicyclic amines) is 1. The number of carbonyl (C=O) groups is 1. The molecule has 0 radical (unpaired) electrons. The Bertz CT molecular complexity index is 738. The number of nitrogens with one attached hydrogen (secondary N) is 1. The lowest BCUT2D eigenvalue weighted by Gasteiger charge is -2.33. The summed E-state index contributed by atoms with van der Waals surface area (Å²) in [5.74, 6) is 0.787. The fourth-order valence-electron chi connectivity index (χ4n) is 3.91. The molecule has 1 aromatic carbocycles. The van der Waals surface area contributed by atoms with Gasteiger partial charge in [-0.25, -0.2) is 0 Å². The van der Waals surface area contributed by atoms with Crippen LogP contribution in [0.15, 0.2) is 30.6 Å². The van der Waals surface area contributed by atoms with E-state index in [2.05, 4.69) is 33.3 Å². The van der Waals surface area contributed by atoms with Gasteiger partial charge in [-0.1, -0.05) is 23.7 Å². The highest BCUT2D eigenvalue weighted by Gasteiger charge is 2.23. The van der Waals surface area contributed by atoms with Crippen LogP contribution in [0.5, 0.6) is 0 Å². The van der Waals surface area contributed by atoms with Crippen molar-refractivity contribution in [1.29, 1.82) is 0 Å². The van der Waals surface area contributed by atoms with Crippen LogP contribution in [0.3, 0.4) is 0 Å². The second kappa shape index (κ2) is 7.08. The minimum Gasteiger partial charge on any atom is -0.369 e. The van der Waals surface area contributed by atoms with Gasteiger partial charge in [-0.2, -0.15) is 5.10 Å². The smallest absolute Gasteiger partial charge is 0.222 e. The predicted molar refractivity (Wildman–Crippen MR) is 98.9 cm³/mol. The van der Waals surface area contributed by atoms with Gasteiger partial charge in [-0.05, 0) is 42.4 Å². The highest BCUT2D eigenvalue weighted by Crippen LogP contribution is 2.32. The highest BCUT2D eigenvalue weighted by atomic mass is 35.5. The molecule has 2 aliphatic heterocycles. The molecule has 6 heteroatoms. The summed E-state index contributed by atoms with van der Waals surface area (Å²) in [5.41, 5.74) is 3.53. The van der Waals surface area contributed by atoms with E-state index in [9.17, 15) is 4.79 Å². The van der Waals surface area contributed by atoms with E-state index in [-0.39, 0.29) is 5.91 Å². The van der Waals surface area contributed by atoms with E-state index in [4.69, 9.17) is 11.6 Å². The van der Waals surface area contributed by atoms with Crippen LogP contribution >= 0.6 is 11.6 Å². The molecule has 2 aromatic rings. The summed E-state index contributed by atoms with van der Waals surface area (Å²) < 4.78 is 0. The maximum absolute atomic E-state index is 11.8. The van der Waals surface area contributed by atoms with Crippen molar-refractivity contribution in [3.8, 4) is 0 Å². The summed E-state index contributed by atoms with van der Waals surface area (Å²) in [4.78, 5) is 16.1. The van der Waals surface area contributed by atoms with Gasteiger partial charge in [0.2, 0.25) is 5.91 Å². The number of halogens is 1. The molecule has 5 nitrogen and oxygen atoms in total. The average Bonchev–Trinajstić information content (AvgIpc) is 3.29. The summed E-state index contributed by atoms with van der Waals surface area (Å²) in [7, 11) is 0. The number of piperidine rings is 1. The Hall–Kier alpha value is -2.01. The van der Waals surface area contributed by atoms with E-state index in [1.165, 1.54) is 11.3 Å². The molecule has 0 spiro atoms. The van der Waals surface area contributed by atoms with Gasteiger partial charge in [-0.15, -0.1) is 0 Å². The van der Waals surface area contributed by atoms with Crippen molar-refractivity contribution in [2.24, 2.45) is 0 Å². The number of benzene rings is 1. The van der Waals surface area contributed by atoms with Crippen molar-refractivity contribution in [2.45, 2.75) is 38.1 Å². The van der Waals surface area contributed by atoms with Crippen LogP contribution < -0.4 is 4.90 Å². The van der Waals surface area contributed by atoms with Crippen LogP contribution in [0, 0.1) is 0 Å². The molecule has 1 amide bonds. The number of carbonyl (C=O) groups excluding carboxylic acids is 1. The fourth-order valence-corrected chi connectivity index (χ4v) is 4.16. The molecular formula is C19H23ClN4O. The lowest BCUT2D eigenvalue weighted by atomic mass is 9.89. The number of hydrogen-bond acceptors (Lipinski definition) is 3. The van der Waals surface area contributed by atoms with Crippen molar-refractivity contribution >= 4 is 23.2 Å². The summed E-state index contributed by atoms with van der Waals surface area (Å²) in [6.45, 7) is 3.55. The maximum Gasteiger partial charge on any atom is 0.222 e. The van der Waals surface area contributed by atoms with Gasteiger partial charge in [-0.3, -0.25) is 9.89 Å². The van der Waals surface area contributed by atoms with Crippen molar-refractivity contribution in [2.75, 3.05) is 24.5 Å². The molecular weight excluding hydrogens is 336 g/mol. The second-order valence-corrected chi connectivity index (χ2v) is 7.39. The van der Waals surface area contributed by atoms with Gasteiger partial charge in [0.1, 0.15) is 0 Å². The number of rotatable bonds is 4. The van der Waals surface area contributed by atoms with Crippen LogP contribution in [0.1, 0.15) is 42.7 Å². The third-order valence-electron chi connectivity index (χ3n) is 5.43. The second-order valence-electron chi connectivity index (χ2n) is 6.99. The zero-order valence-electron chi connectivity index (χ0n) is 14.2. The van der Waals surface area contributed by atoms with Crippen molar-refractivity contribution in [1.82, 2.24) is 15.1 Å². The van der Waals surface area contributed by atoms with Gasteiger partial charge in [0.25, 0.3) is 0 Å². The zero-order valence-corrected chi connectivity index (χ0v) is 15.0. The SMILES string of the molecule is O=C1CCCN1Cc1ccc(C2CCN(c3cn[nH]c3)CC2)cc1Cl. The number of aromatic amines is 1. The average molecular weight is 359 g/mol. The summed E-state index contributed by atoms with van der Waals surface area (Å²) in [6.07, 6.45) is 7.70. The molecule has 2 saturated heterocycles. The first kappa shape index (κ1) is 16.5. The van der Waals surface area contributed by atoms with Gasteiger partial charge in [0.05, 0.1) is 11.9 Å². The lowest BCUT2D eigenvalue weighted by Crippen LogP contribution is -2.32. The summed E-state index contributed by atoms with van der Waals surface area (Å²) >= 11 is 6.52. The topological polar surface area (TPSA) is 52.2 Å².